The van der Waals surface area contributed by atoms with Crippen LogP contribution in [0.3, 0.4) is 0 Å². The highest BCUT2D eigenvalue weighted by Gasteiger charge is 2.47. The number of ether oxygens (including phenoxy) is 1. The van der Waals surface area contributed by atoms with Gasteiger partial charge in [-0.1, -0.05) is 42.5 Å². The molecule has 1 saturated heterocycles. The Bertz CT molecular complexity index is 1190. The number of ketones is 1. The van der Waals surface area contributed by atoms with Crippen LogP contribution in [0.5, 0.6) is 5.75 Å². The van der Waals surface area contributed by atoms with Crippen LogP contribution in [0.4, 0.5) is 4.79 Å². The molecule has 0 aliphatic carbocycles. The fourth-order valence-corrected chi connectivity index (χ4v) is 3.88. The number of carbonyl (C=O) groups is 3. The zero-order valence-corrected chi connectivity index (χ0v) is 19.0. The Morgan fingerprint density at radius 3 is 2.47 bits per heavy atom. The Labute approximate surface area is 197 Å². The van der Waals surface area contributed by atoms with E-state index >= 15 is 0 Å². The van der Waals surface area contributed by atoms with Crippen molar-refractivity contribution in [3.05, 3.63) is 78.6 Å². The van der Waals surface area contributed by atoms with Gasteiger partial charge < -0.3 is 20.5 Å². The molecule has 2 aromatic carbocycles. The molecule has 0 radical (unpaired) electrons. The molecule has 34 heavy (non-hydrogen) atoms. The van der Waals surface area contributed by atoms with Gasteiger partial charge in [0, 0.05) is 18.8 Å². The standard InChI is InChI=1S/C26H27N3O5/c1-17-26(2,23(31)16-34-17)28-24(32)22(14-18-8-10-21(30)11-9-18)27-25(33)29-13-12-20(15-29)19-6-4-3-5-7-19/h3-13,15,17,22,30H,14,16H2,1-2H3,(H,27,33)(H,28,32). The summed E-state index contributed by atoms with van der Waals surface area (Å²) in [6.45, 7) is 3.28. The number of aromatic nitrogens is 1. The molecule has 3 atom stereocenters. The zero-order valence-electron chi connectivity index (χ0n) is 19.0. The molecule has 1 aliphatic heterocycles. The second kappa shape index (κ2) is 9.52. The van der Waals surface area contributed by atoms with Crippen LogP contribution in [0.25, 0.3) is 11.1 Å². The van der Waals surface area contributed by atoms with Gasteiger partial charge in [0.25, 0.3) is 0 Å². The minimum atomic E-state index is -1.18. The number of carbonyl (C=O) groups excluding carboxylic acids is 3. The molecule has 8 heteroatoms. The summed E-state index contributed by atoms with van der Waals surface area (Å²) >= 11 is 0. The van der Waals surface area contributed by atoms with Gasteiger partial charge in [0.2, 0.25) is 5.91 Å². The van der Waals surface area contributed by atoms with Crippen molar-refractivity contribution >= 4 is 17.7 Å². The van der Waals surface area contributed by atoms with Crippen molar-refractivity contribution in [2.75, 3.05) is 6.61 Å². The van der Waals surface area contributed by atoms with E-state index in [-0.39, 0.29) is 24.6 Å². The molecule has 1 aromatic heterocycles. The molecule has 3 N–H and O–H groups in total. The Hall–Kier alpha value is -3.91. The summed E-state index contributed by atoms with van der Waals surface area (Å²) in [5.74, 6) is -0.615. The summed E-state index contributed by atoms with van der Waals surface area (Å²) in [6, 6.07) is 16.4. The van der Waals surface area contributed by atoms with Gasteiger partial charge in [-0.2, -0.15) is 0 Å². The largest absolute Gasteiger partial charge is 0.508 e. The molecule has 0 spiro atoms. The molecule has 2 heterocycles. The molecule has 3 aromatic rings. The zero-order chi connectivity index (χ0) is 24.3. The molecular formula is C26H27N3O5. The Morgan fingerprint density at radius 2 is 1.82 bits per heavy atom. The number of nitrogens with zero attached hydrogens (tertiary/aromatic N) is 1. The number of nitrogens with one attached hydrogen (secondary N) is 2. The summed E-state index contributed by atoms with van der Waals surface area (Å²) in [4.78, 5) is 38.7. The van der Waals surface area contributed by atoms with E-state index in [1.54, 1.807) is 38.4 Å². The number of aromatic hydroxyl groups is 1. The van der Waals surface area contributed by atoms with Crippen molar-refractivity contribution in [1.29, 1.82) is 0 Å². The van der Waals surface area contributed by atoms with Crippen LogP contribution >= 0.6 is 0 Å². The van der Waals surface area contributed by atoms with Crippen molar-refractivity contribution in [2.45, 2.75) is 38.0 Å². The number of hydrogen-bond donors (Lipinski definition) is 3. The lowest BCUT2D eigenvalue weighted by molar-refractivity contribution is -0.130. The monoisotopic (exact) mass is 461 g/mol. The van der Waals surface area contributed by atoms with Gasteiger partial charge in [-0.05, 0) is 48.7 Å². The van der Waals surface area contributed by atoms with Crippen molar-refractivity contribution in [1.82, 2.24) is 15.2 Å². The minimum absolute atomic E-state index is 0.0709. The van der Waals surface area contributed by atoms with Crippen molar-refractivity contribution in [3.8, 4) is 16.9 Å². The quantitative estimate of drug-likeness (QED) is 0.523. The third kappa shape index (κ3) is 4.87. The van der Waals surface area contributed by atoms with Crippen LogP contribution in [0, 0.1) is 0 Å². The summed E-state index contributed by atoms with van der Waals surface area (Å²) in [6.07, 6.45) is 3.00. The predicted molar refractivity (Wildman–Crippen MR) is 126 cm³/mol. The van der Waals surface area contributed by atoms with Crippen LogP contribution in [0.2, 0.25) is 0 Å². The summed E-state index contributed by atoms with van der Waals surface area (Å²) in [7, 11) is 0. The number of rotatable bonds is 6. The van der Waals surface area contributed by atoms with E-state index in [1.807, 2.05) is 36.4 Å². The van der Waals surface area contributed by atoms with Crippen LogP contribution in [0.1, 0.15) is 19.4 Å². The Kier molecular flexibility index (Phi) is 6.51. The molecular weight excluding hydrogens is 434 g/mol. The first-order valence-electron chi connectivity index (χ1n) is 11.1. The first-order chi connectivity index (χ1) is 16.3. The Morgan fingerprint density at radius 1 is 1.12 bits per heavy atom. The van der Waals surface area contributed by atoms with E-state index in [4.69, 9.17) is 4.74 Å². The number of phenols is 1. The van der Waals surface area contributed by atoms with E-state index in [1.165, 1.54) is 16.7 Å². The van der Waals surface area contributed by atoms with Crippen molar-refractivity contribution < 1.29 is 24.2 Å². The number of hydrogen-bond acceptors (Lipinski definition) is 5. The molecule has 2 amide bonds. The van der Waals surface area contributed by atoms with E-state index in [9.17, 15) is 19.5 Å². The smallest absolute Gasteiger partial charge is 0.326 e. The SMILES string of the molecule is CC1OCC(=O)C1(C)NC(=O)C(Cc1ccc(O)cc1)NC(=O)n1ccc(-c2ccccc2)c1. The molecule has 0 bridgehead atoms. The second-order valence-corrected chi connectivity index (χ2v) is 8.61. The predicted octanol–water partition coefficient (Wildman–Crippen LogP) is 2.89. The number of phenolic OH excluding ortho intramolecular Hbond substituents is 1. The normalized spacial score (nSPS) is 20.6. The topological polar surface area (TPSA) is 110 Å². The van der Waals surface area contributed by atoms with Gasteiger partial charge in [0.15, 0.2) is 5.78 Å². The number of amides is 2. The first kappa shape index (κ1) is 23.3. The number of Topliss-reactive ketones (excluding diaryl/α,β-unsaturated/α-hetero) is 1. The molecule has 1 aliphatic rings. The summed E-state index contributed by atoms with van der Waals surface area (Å²) < 4.78 is 6.79. The van der Waals surface area contributed by atoms with Gasteiger partial charge in [-0.15, -0.1) is 0 Å². The van der Waals surface area contributed by atoms with Crippen molar-refractivity contribution in [3.63, 3.8) is 0 Å². The molecule has 3 unspecified atom stereocenters. The second-order valence-electron chi connectivity index (χ2n) is 8.61. The maximum absolute atomic E-state index is 13.3. The van der Waals surface area contributed by atoms with E-state index < -0.39 is 29.6 Å². The lowest BCUT2D eigenvalue weighted by atomic mass is 9.92. The first-order valence-corrected chi connectivity index (χ1v) is 11.1. The van der Waals surface area contributed by atoms with Crippen molar-refractivity contribution in [2.24, 2.45) is 0 Å². The third-order valence-corrected chi connectivity index (χ3v) is 6.26. The Balaban J connectivity index is 1.54. The lowest BCUT2D eigenvalue weighted by Crippen LogP contribution is -2.60. The summed E-state index contributed by atoms with van der Waals surface area (Å²) in [5, 5.41) is 15.1. The molecule has 4 rings (SSSR count). The van der Waals surface area contributed by atoms with Crippen LogP contribution in [0.15, 0.2) is 73.1 Å². The number of benzene rings is 2. The molecule has 0 saturated carbocycles. The molecule has 176 valence electrons. The van der Waals surface area contributed by atoms with E-state index in [0.717, 1.165) is 16.7 Å². The van der Waals surface area contributed by atoms with Gasteiger partial charge >= 0.3 is 6.03 Å². The average molecular weight is 462 g/mol. The van der Waals surface area contributed by atoms with E-state index in [0.29, 0.717) is 0 Å². The highest BCUT2D eigenvalue weighted by molar-refractivity contribution is 5.97. The van der Waals surface area contributed by atoms with Crippen LogP contribution < -0.4 is 10.6 Å². The fourth-order valence-electron chi connectivity index (χ4n) is 3.88. The van der Waals surface area contributed by atoms with E-state index in [2.05, 4.69) is 10.6 Å². The highest BCUT2D eigenvalue weighted by Crippen LogP contribution is 2.23. The van der Waals surface area contributed by atoms with Crippen LogP contribution in [-0.4, -0.2) is 51.7 Å². The third-order valence-electron chi connectivity index (χ3n) is 6.26. The highest BCUT2D eigenvalue weighted by atomic mass is 16.5. The maximum Gasteiger partial charge on any atom is 0.326 e. The van der Waals surface area contributed by atoms with Gasteiger partial charge in [0.1, 0.15) is 23.9 Å². The minimum Gasteiger partial charge on any atom is -0.508 e. The average Bonchev–Trinajstić information content (AvgIpc) is 3.42. The lowest BCUT2D eigenvalue weighted by Gasteiger charge is -2.29. The van der Waals surface area contributed by atoms with Gasteiger partial charge in [-0.25, -0.2) is 4.79 Å². The molecule has 1 fully saturated rings. The summed E-state index contributed by atoms with van der Waals surface area (Å²) in [5.41, 5.74) is 1.39. The maximum atomic E-state index is 13.3. The van der Waals surface area contributed by atoms with Crippen LogP contribution in [-0.2, 0) is 20.7 Å². The fraction of sp³-hybridized carbons (Fsp3) is 0.269. The van der Waals surface area contributed by atoms with Gasteiger partial charge in [0.05, 0.1) is 6.10 Å². The van der Waals surface area contributed by atoms with Gasteiger partial charge in [-0.3, -0.25) is 14.2 Å². The molecule has 8 nitrogen and oxygen atoms in total.